The Hall–Kier alpha value is -0.790. The number of rotatable bonds is 2. The summed E-state index contributed by atoms with van der Waals surface area (Å²) in [5.74, 6) is -1.40. The highest BCUT2D eigenvalue weighted by atomic mass is 127. The van der Waals surface area contributed by atoms with Crippen LogP contribution in [0.25, 0.3) is 0 Å². The van der Waals surface area contributed by atoms with Gasteiger partial charge in [-0.15, -0.1) is 0 Å². The third-order valence-corrected chi connectivity index (χ3v) is 2.38. The van der Waals surface area contributed by atoms with E-state index in [-0.39, 0.29) is 0 Å². The fraction of sp³-hybridized carbons (Fsp3) is 0.333. The van der Waals surface area contributed by atoms with E-state index in [1.54, 1.807) is 6.92 Å². The molecule has 1 heterocycles. The molecule has 82 valence electrons. The van der Waals surface area contributed by atoms with Gasteiger partial charge in [0, 0.05) is 6.21 Å². The zero-order valence-corrected chi connectivity index (χ0v) is 9.90. The van der Waals surface area contributed by atoms with E-state index in [1.807, 2.05) is 22.6 Å². The van der Waals surface area contributed by atoms with Crippen LogP contribution >= 0.6 is 22.6 Å². The summed E-state index contributed by atoms with van der Waals surface area (Å²) in [5, 5.41) is 8.73. The molecule has 1 aliphatic heterocycles. The normalized spacial score (nSPS) is 25.9. The van der Waals surface area contributed by atoms with Gasteiger partial charge in [-0.3, -0.25) is 4.99 Å². The van der Waals surface area contributed by atoms with Crippen LogP contribution in [-0.2, 0) is 4.79 Å². The number of nitrogens with zero attached hydrogens (tertiary/aromatic N) is 1. The monoisotopic (exact) mass is 327 g/mol. The molecule has 15 heavy (non-hydrogen) atoms. The van der Waals surface area contributed by atoms with Gasteiger partial charge in [-0.05, 0) is 13.0 Å². The van der Waals surface area contributed by atoms with Gasteiger partial charge in [0.1, 0.15) is 5.70 Å². The minimum atomic E-state index is -2.89. The van der Waals surface area contributed by atoms with Gasteiger partial charge in [0.25, 0.3) is 6.43 Å². The van der Waals surface area contributed by atoms with Gasteiger partial charge in [0.05, 0.1) is 8.99 Å². The maximum atomic E-state index is 12.5. The summed E-state index contributed by atoms with van der Waals surface area (Å²) in [6.45, 7) is 1.74. The lowest BCUT2D eigenvalue weighted by Gasteiger charge is -2.08. The van der Waals surface area contributed by atoms with Crippen LogP contribution in [0.15, 0.2) is 28.4 Å². The van der Waals surface area contributed by atoms with Crippen LogP contribution in [0.5, 0.6) is 0 Å². The van der Waals surface area contributed by atoms with E-state index in [4.69, 9.17) is 5.11 Å². The lowest BCUT2D eigenvalue weighted by molar-refractivity contribution is -0.132. The summed E-state index contributed by atoms with van der Waals surface area (Å²) in [6, 6.07) is 0. The number of carboxylic acid groups (broad SMARTS) is 1. The maximum absolute atomic E-state index is 12.5. The molecule has 1 N–H and O–H groups in total. The number of halogens is 3. The quantitative estimate of drug-likeness (QED) is 0.626. The second-order valence-corrected chi connectivity index (χ2v) is 5.47. The van der Waals surface area contributed by atoms with Crippen LogP contribution in [0.1, 0.15) is 6.92 Å². The smallest absolute Gasteiger partial charge is 0.337 e. The summed E-state index contributed by atoms with van der Waals surface area (Å²) >= 11 is 1.98. The lowest BCUT2D eigenvalue weighted by Crippen LogP contribution is -2.12. The molecule has 1 atom stereocenters. The van der Waals surface area contributed by atoms with Crippen molar-refractivity contribution in [3.63, 3.8) is 0 Å². The molecule has 0 aromatic rings. The van der Waals surface area contributed by atoms with Crippen LogP contribution < -0.4 is 0 Å². The Kier molecular flexibility index (Phi) is 3.58. The Balaban J connectivity index is 3.24. The molecule has 1 aliphatic rings. The van der Waals surface area contributed by atoms with E-state index in [9.17, 15) is 13.6 Å². The molecular weight excluding hydrogens is 319 g/mol. The highest BCUT2D eigenvalue weighted by Gasteiger charge is 2.24. The summed E-state index contributed by atoms with van der Waals surface area (Å²) in [7, 11) is 0. The number of carbonyl (C=O) groups is 1. The van der Waals surface area contributed by atoms with Crippen molar-refractivity contribution in [2.45, 2.75) is 16.8 Å². The first-order valence-corrected chi connectivity index (χ1v) is 5.10. The summed E-state index contributed by atoms with van der Waals surface area (Å²) < 4.78 is 24.4. The molecule has 1 rings (SSSR count). The van der Waals surface area contributed by atoms with Gasteiger partial charge in [-0.1, -0.05) is 28.7 Å². The van der Waals surface area contributed by atoms with Crippen molar-refractivity contribution in [2.75, 3.05) is 0 Å². The molecule has 0 spiro atoms. The minimum absolute atomic E-state index is 0.457. The SMILES string of the molecule is CC1(I)C=CC(C(=O)O)=C(C(F)F)N=C1. The third-order valence-electron chi connectivity index (χ3n) is 1.75. The molecule has 3 nitrogen and oxygen atoms in total. The first-order valence-electron chi connectivity index (χ1n) is 4.02. The van der Waals surface area contributed by atoms with Crippen molar-refractivity contribution < 1.29 is 18.7 Å². The molecule has 0 radical (unpaired) electrons. The Morgan fingerprint density at radius 1 is 1.67 bits per heavy atom. The van der Waals surface area contributed by atoms with Crippen molar-refractivity contribution in [3.8, 4) is 0 Å². The standard InChI is InChI=1S/C9H8F2INO2/c1-9(12)3-2-5(8(14)15)6(7(10)11)13-4-9/h2-4,7H,1H3,(H,14,15). The first-order chi connectivity index (χ1) is 6.83. The number of hydrogen-bond donors (Lipinski definition) is 1. The van der Waals surface area contributed by atoms with Gasteiger partial charge >= 0.3 is 5.97 Å². The van der Waals surface area contributed by atoms with Crippen molar-refractivity contribution >= 4 is 34.8 Å². The molecule has 0 aliphatic carbocycles. The van der Waals surface area contributed by atoms with E-state index in [1.165, 1.54) is 18.4 Å². The number of alkyl halides is 3. The average Bonchev–Trinajstić information content (AvgIpc) is 2.23. The number of allylic oxidation sites excluding steroid dienone is 2. The minimum Gasteiger partial charge on any atom is -0.478 e. The Bertz CT molecular complexity index is 372. The van der Waals surface area contributed by atoms with Gasteiger partial charge in [0.2, 0.25) is 0 Å². The first kappa shape index (κ1) is 12.3. The molecule has 0 amide bonds. The van der Waals surface area contributed by atoms with Gasteiger partial charge < -0.3 is 5.11 Å². The highest BCUT2D eigenvalue weighted by Crippen LogP contribution is 2.26. The van der Waals surface area contributed by atoms with Crippen molar-refractivity contribution in [1.82, 2.24) is 0 Å². The second kappa shape index (κ2) is 4.38. The van der Waals surface area contributed by atoms with Gasteiger partial charge in [0.15, 0.2) is 0 Å². The van der Waals surface area contributed by atoms with E-state index < -0.39 is 27.1 Å². The summed E-state index contributed by atoms with van der Waals surface area (Å²) in [5.41, 5.74) is -1.15. The van der Waals surface area contributed by atoms with Gasteiger partial charge in [-0.25, -0.2) is 13.6 Å². The van der Waals surface area contributed by atoms with Crippen LogP contribution in [0.4, 0.5) is 8.78 Å². The summed E-state index contributed by atoms with van der Waals surface area (Å²) in [4.78, 5) is 14.2. The van der Waals surface area contributed by atoms with Crippen molar-refractivity contribution in [3.05, 3.63) is 23.4 Å². The van der Waals surface area contributed by atoms with Crippen LogP contribution in [-0.4, -0.2) is 27.1 Å². The number of carboxylic acids is 1. The Labute approximate surface area is 98.7 Å². The fourth-order valence-corrected chi connectivity index (χ4v) is 1.31. The molecule has 0 aromatic carbocycles. The van der Waals surface area contributed by atoms with E-state index in [0.717, 1.165) is 0 Å². The highest BCUT2D eigenvalue weighted by molar-refractivity contribution is 14.1. The molecule has 0 bridgehead atoms. The molecule has 6 heteroatoms. The van der Waals surface area contributed by atoms with Crippen molar-refractivity contribution in [1.29, 1.82) is 0 Å². The third kappa shape index (κ3) is 3.08. The summed E-state index contributed by atoms with van der Waals surface area (Å²) in [6.07, 6.45) is 1.11. The molecule has 1 unspecified atom stereocenters. The molecule has 0 saturated heterocycles. The predicted octanol–water partition coefficient (Wildman–Crippen LogP) is 2.42. The maximum Gasteiger partial charge on any atom is 0.337 e. The van der Waals surface area contributed by atoms with Crippen molar-refractivity contribution in [2.24, 2.45) is 4.99 Å². The Morgan fingerprint density at radius 2 is 2.27 bits per heavy atom. The Morgan fingerprint density at radius 3 is 2.73 bits per heavy atom. The van der Waals surface area contributed by atoms with E-state index in [2.05, 4.69) is 4.99 Å². The second-order valence-electron chi connectivity index (χ2n) is 3.15. The predicted molar refractivity (Wildman–Crippen MR) is 60.7 cm³/mol. The van der Waals surface area contributed by atoms with Crippen LogP contribution in [0.2, 0.25) is 0 Å². The average molecular weight is 327 g/mol. The fourth-order valence-electron chi connectivity index (χ4n) is 0.995. The zero-order valence-electron chi connectivity index (χ0n) is 7.75. The molecular formula is C9H8F2INO2. The van der Waals surface area contributed by atoms with E-state index in [0.29, 0.717) is 0 Å². The van der Waals surface area contributed by atoms with Crippen LogP contribution in [0, 0.1) is 0 Å². The van der Waals surface area contributed by atoms with E-state index >= 15 is 0 Å². The molecule has 0 fully saturated rings. The van der Waals surface area contributed by atoms with Crippen LogP contribution in [0.3, 0.4) is 0 Å². The molecule has 0 aromatic heterocycles. The number of hydrogen-bond acceptors (Lipinski definition) is 2. The molecule has 0 saturated carbocycles. The number of aliphatic carboxylic acids is 1. The number of aliphatic imine (C=N–C) groups is 1. The lowest BCUT2D eigenvalue weighted by atomic mass is 10.1. The topological polar surface area (TPSA) is 49.7 Å². The zero-order chi connectivity index (χ0) is 11.6. The van der Waals surface area contributed by atoms with Gasteiger partial charge in [-0.2, -0.15) is 0 Å². The largest absolute Gasteiger partial charge is 0.478 e.